The fourth-order valence-electron chi connectivity index (χ4n) is 3.23. The van der Waals surface area contributed by atoms with Crippen molar-refractivity contribution in [3.05, 3.63) is 53.1 Å². The second kappa shape index (κ2) is 8.86. The van der Waals surface area contributed by atoms with Crippen LogP contribution < -0.4 is 4.90 Å². The maximum absolute atomic E-state index is 13.3. The number of halogens is 1. The quantitative estimate of drug-likeness (QED) is 0.688. The average molecular weight is 439 g/mol. The molecule has 0 saturated heterocycles. The third-order valence-electron chi connectivity index (χ3n) is 4.69. The van der Waals surface area contributed by atoms with E-state index in [1.807, 2.05) is 24.3 Å². The van der Waals surface area contributed by atoms with Gasteiger partial charge in [0.15, 0.2) is 0 Å². The minimum absolute atomic E-state index is 0.0267. The molecule has 1 aliphatic rings. The molecule has 0 atom stereocenters. The molecule has 8 heteroatoms. The first kappa shape index (κ1) is 21.2. The third-order valence-corrected chi connectivity index (χ3v) is 8.37. The van der Waals surface area contributed by atoms with Gasteiger partial charge in [-0.3, -0.25) is 4.79 Å². The molecule has 0 radical (unpaired) electrons. The number of carbonyl (C=O) groups is 1. The van der Waals surface area contributed by atoms with E-state index in [0.717, 1.165) is 22.8 Å². The van der Waals surface area contributed by atoms with Crippen LogP contribution in [0.25, 0.3) is 0 Å². The molecule has 5 nitrogen and oxygen atoms in total. The number of fused-ring (bicyclic) bond motifs is 1. The summed E-state index contributed by atoms with van der Waals surface area (Å²) in [6.45, 7) is 4.81. The van der Waals surface area contributed by atoms with E-state index < -0.39 is 10.0 Å². The molecule has 0 aromatic heterocycles. The van der Waals surface area contributed by atoms with Crippen LogP contribution in [0.15, 0.2) is 52.3 Å². The van der Waals surface area contributed by atoms with Crippen LogP contribution in [-0.4, -0.2) is 44.0 Å². The summed E-state index contributed by atoms with van der Waals surface area (Å²) in [5.74, 6) is 0.714. The van der Waals surface area contributed by atoms with E-state index in [-0.39, 0.29) is 15.8 Å². The van der Waals surface area contributed by atoms with Crippen LogP contribution in [0.3, 0.4) is 0 Å². The highest BCUT2D eigenvalue weighted by Crippen LogP contribution is 2.35. The van der Waals surface area contributed by atoms with Gasteiger partial charge >= 0.3 is 0 Å². The summed E-state index contributed by atoms with van der Waals surface area (Å²) in [5.41, 5.74) is 1.18. The van der Waals surface area contributed by atoms with E-state index in [0.29, 0.717) is 25.2 Å². The van der Waals surface area contributed by atoms with Gasteiger partial charge in [0.2, 0.25) is 10.0 Å². The smallest absolute Gasteiger partial charge is 0.258 e. The zero-order chi connectivity index (χ0) is 20.3. The molecule has 0 aliphatic carbocycles. The van der Waals surface area contributed by atoms with Crippen LogP contribution in [0, 0.1) is 0 Å². The molecule has 1 amide bonds. The van der Waals surface area contributed by atoms with Crippen LogP contribution in [0.2, 0.25) is 5.02 Å². The summed E-state index contributed by atoms with van der Waals surface area (Å²) in [6, 6.07) is 12.3. The number of hydrogen-bond acceptors (Lipinski definition) is 4. The van der Waals surface area contributed by atoms with Gasteiger partial charge in [0.05, 0.1) is 10.7 Å². The lowest BCUT2D eigenvalue weighted by Crippen LogP contribution is -2.33. The summed E-state index contributed by atoms with van der Waals surface area (Å²) < 4.78 is 27.2. The minimum atomic E-state index is -3.76. The Morgan fingerprint density at radius 3 is 2.61 bits per heavy atom. The third kappa shape index (κ3) is 4.08. The predicted octanol–water partition coefficient (Wildman–Crippen LogP) is 4.51. The van der Waals surface area contributed by atoms with E-state index in [1.165, 1.54) is 16.4 Å². The molecule has 150 valence electrons. The molecule has 2 aromatic carbocycles. The summed E-state index contributed by atoms with van der Waals surface area (Å²) in [4.78, 5) is 16.0. The summed E-state index contributed by atoms with van der Waals surface area (Å²) in [6.07, 6.45) is 0.864. The van der Waals surface area contributed by atoms with Crippen molar-refractivity contribution in [3.8, 4) is 0 Å². The van der Waals surface area contributed by atoms with Crippen molar-refractivity contribution < 1.29 is 13.2 Å². The highest BCUT2D eigenvalue weighted by atomic mass is 35.5. The van der Waals surface area contributed by atoms with Crippen LogP contribution in [0.1, 0.15) is 30.6 Å². The number of nitrogens with zero attached hydrogens (tertiary/aromatic N) is 2. The van der Waals surface area contributed by atoms with Crippen molar-refractivity contribution in [1.29, 1.82) is 0 Å². The number of sulfonamides is 1. The SMILES string of the molecule is CCN(CC)S(=O)(=O)c1cc(C(=O)N2CCCSc3ccccc32)ccc1Cl. The molecule has 0 unspecified atom stereocenters. The predicted molar refractivity (Wildman–Crippen MR) is 115 cm³/mol. The first-order valence-electron chi connectivity index (χ1n) is 9.23. The monoisotopic (exact) mass is 438 g/mol. The highest BCUT2D eigenvalue weighted by molar-refractivity contribution is 7.99. The van der Waals surface area contributed by atoms with Gasteiger partial charge in [-0.15, -0.1) is 11.8 Å². The number of para-hydroxylation sites is 1. The maximum atomic E-state index is 13.3. The van der Waals surface area contributed by atoms with Crippen molar-refractivity contribution >= 4 is 45.0 Å². The molecule has 0 bridgehead atoms. The van der Waals surface area contributed by atoms with Crippen molar-refractivity contribution in [2.75, 3.05) is 30.3 Å². The molecule has 1 aliphatic heterocycles. The van der Waals surface area contributed by atoms with Gasteiger partial charge in [0.1, 0.15) is 4.90 Å². The van der Waals surface area contributed by atoms with E-state index in [9.17, 15) is 13.2 Å². The van der Waals surface area contributed by atoms with Crippen molar-refractivity contribution in [2.24, 2.45) is 0 Å². The second-order valence-corrected chi connectivity index (χ2v) is 9.81. The van der Waals surface area contributed by atoms with Crippen LogP contribution in [0.4, 0.5) is 5.69 Å². The van der Waals surface area contributed by atoms with Crippen molar-refractivity contribution in [2.45, 2.75) is 30.1 Å². The Morgan fingerprint density at radius 2 is 1.89 bits per heavy atom. The molecular weight excluding hydrogens is 416 g/mol. The average Bonchev–Trinajstić information content (AvgIpc) is 2.91. The molecule has 2 aromatic rings. The molecule has 0 N–H and O–H groups in total. The molecule has 1 heterocycles. The normalized spacial score (nSPS) is 14.6. The Hall–Kier alpha value is -1.54. The number of carbonyl (C=O) groups excluding carboxylic acids is 1. The topological polar surface area (TPSA) is 57.7 Å². The number of thioether (sulfide) groups is 1. The molecule has 0 spiro atoms. The zero-order valence-corrected chi connectivity index (χ0v) is 18.3. The Morgan fingerprint density at radius 1 is 1.18 bits per heavy atom. The summed E-state index contributed by atoms with van der Waals surface area (Å²) in [7, 11) is -3.76. The maximum Gasteiger partial charge on any atom is 0.258 e. The van der Waals surface area contributed by atoms with E-state index >= 15 is 0 Å². The van der Waals surface area contributed by atoms with E-state index in [1.54, 1.807) is 36.6 Å². The van der Waals surface area contributed by atoms with Gasteiger partial charge in [-0.05, 0) is 42.5 Å². The van der Waals surface area contributed by atoms with Gasteiger partial charge in [-0.25, -0.2) is 8.42 Å². The fourth-order valence-corrected chi connectivity index (χ4v) is 6.18. The molecule has 3 rings (SSSR count). The second-order valence-electron chi connectivity index (χ2n) is 6.36. The summed E-state index contributed by atoms with van der Waals surface area (Å²) >= 11 is 7.93. The Balaban J connectivity index is 2.03. The zero-order valence-electron chi connectivity index (χ0n) is 15.9. The number of anilines is 1. The molecule has 0 fully saturated rings. The lowest BCUT2D eigenvalue weighted by Gasteiger charge is -2.23. The van der Waals surface area contributed by atoms with Gasteiger partial charge in [0, 0.05) is 30.1 Å². The largest absolute Gasteiger partial charge is 0.307 e. The lowest BCUT2D eigenvalue weighted by molar-refractivity contribution is 0.0986. The van der Waals surface area contributed by atoms with E-state index in [4.69, 9.17) is 11.6 Å². The Kier molecular flexibility index (Phi) is 6.70. The Labute approximate surface area is 175 Å². The molecule has 0 saturated carbocycles. The standard InChI is InChI=1S/C20H23ClN2O3S2/c1-3-22(4-2)28(25,26)19-14-15(10-11-16(19)21)20(24)23-12-7-13-27-18-9-6-5-8-17(18)23/h5-6,8-11,14H,3-4,7,12-13H2,1-2H3. The number of amides is 1. The minimum Gasteiger partial charge on any atom is -0.307 e. The van der Waals surface area contributed by atoms with Crippen LogP contribution in [-0.2, 0) is 10.0 Å². The lowest BCUT2D eigenvalue weighted by atomic mass is 10.1. The number of hydrogen-bond donors (Lipinski definition) is 0. The fraction of sp³-hybridized carbons (Fsp3) is 0.350. The first-order chi connectivity index (χ1) is 13.4. The van der Waals surface area contributed by atoms with E-state index in [2.05, 4.69) is 0 Å². The molecular formula is C20H23ClN2O3S2. The van der Waals surface area contributed by atoms with Crippen molar-refractivity contribution in [3.63, 3.8) is 0 Å². The van der Waals surface area contributed by atoms with Crippen LogP contribution >= 0.6 is 23.4 Å². The van der Waals surface area contributed by atoms with Gasteiger partial charge in [0.25, 0.3) is 5.91 Å². The first-order valence-corrected chi connectivity index (χ1v) is 12.0. The van der Waals surface area contributed by atoms with Crippen LogP contribution in [0.5, 0.6) is 0 Å². The number of benzene rings is 2. The highest BCUT2D eigenvalue weighted by Gasteiger charge is 2.28. The molecule has 28 heavy (non-hydrogen) atoms. The number of rotatable bonds is 5. The van der Waals surface area contributed by atoms with Gasteiger partial charge < -0.3 is 4.90 Å². The van der Waals surface area contributed by atoms with Gasteiger partial charge in [-0.2, -0.15) is 4.31 Å². The summed E-state index contributed by atoms with van der Waals surface area (Å²) in [5, 5.41) is 0.121. The van der Waals surface area contributed by atoms with Crippen molar-refractivity contribution in [1.82, 2.24) is 4.31 Å². The Bertz CT molecular complexity index is 975. The van der Waals surface area contributed by atoms with Gasteiger partial charge in [-0.1, -0.05) is 37.6 Å².